The standard InChI is InChI=1S/C14H19F2N3O2/c1-14(4-6-17-7-5-14)9-18-12-3-2-10(19(20)21)8-11(12)13(15)16/h2-3,8,13,17-18H,4-7,9H2,1H3. The van der Waals surface area contributed by atoms with Crippen molar-refractivity contribution in [2.45, 2.75) is 26.2 Å². The van der Waals surface area contributed by atoms with Crippen molar-refractivity contribution in [1.29, 1.82) is 0 Å². The van der Waals surface area contributed by atoms with Gasteiger partial charge in [0.1, 0.15) is 0 Å². The minimum absolute atomic E-state index is 0.0480. The molecule has 0 atom stereocenters. The average molecular weight is 299 g/mol. The van der Waals surface area contributed by atoms with Crippen LogP contribution in [0.4, 0.5) is 20.2 Å². The van der Waals surface area contributed by atoms with Crippen molar-refractivity contribution in [3.63, 3.8) is 0 Å². The van der Waals surface area contributed by atoms with Gasteiger partial charge in [-0.25, -0.2) is 8.78 Å². The molecule has 5 nitrogen and oxygen atoms in total. The second kappa shape index (κ2) is 6.34. The number of nitro groups is 1. The van der Waals surface area contributed by atoms with Crippen LogP contribution in [0.25, 0.3) is 0 Å². The summed E-state index contributed by atoms with van der Waals surface area (Å²) in [5.74, 6) is 0. The first kappa shape index (κ1) is 15.6. The van der Waals surface area contributed by atoms with Crippen LogP contribution in [0.15, 0.2) is 18.2 Å². The summed E-state index contributed by atoms with van der Waals surface area (Å²) in [6.45, 7) is 4.53. The monoisotopic (exact) mass is 299 g/mol. The Bertz CT molecular complexity index is 517. The van der Waals surface area contributed by atoms with Crippen LogP contribution in [-0.2, 0) is 0 Å². The molecule has 0 aliphatic carbocycles. The number of non-ortho nitro benzene ring substituents is 1. The molecule has 2 N–H and O–H groups in total. The van der Waals surface area contributed by atoms with Gasteiger partial charge in [-0.2, -0.15) is 0 Å². The van der Waals surface area contributed by atoms with Gasteiger partial charge in [-0.3, -0.25) is 10.1 Å². The molecule has 0 bridgehead atoms. The van der Waals surface area contributed by atoms with E-state index < -0.39 is 11.3 Å². The molecule has 1 saturated heterocycles. The summed E-state index contributed by atoms with van der Waals surface area (Å²) in [6, 6.07) is 3.56. The maximum Gasteiger partial charge on any atom is 0.270 e. The SMILES string of the molecule is CC1(CNc2ccc([N+](=O)[O-])cc2C(F)F)CCNCC1. The van der Waals surface area contributed by atoms with Crippen LogP contribution in [-0.4, -0.2) is 24.6 Å². The van der Waals surface area contributed by atoms with Crippen molar-refractivity contribution in [3.05, 3.63) is 33.9 Å². The zero-order chi connectivity index (χ0) is 15.5. The van der Waals surface area contributed by atoms with E-state index in [2.05, 4.69) is 17.6 Å². The molecule has 1 aliphatic rings. The molecule has 0 saturated carbocycles. The van der Waals surface area contributed by atoms with E-state index in [-0.39, 0.29) is 22.4 Å². The van der Waals surface area contributed by atoms with E-state index >= 15 is 0 Å². The zero-order valence-corrected chi connectivity index (χ0v) is 11.9. The second-order valence-corrected chi connectivity index (χ2v) is 5.74. The lowest BCUT2D eigenvalue weighted by molar-refractivity contribution is -0.385. The fraction of sp³-hybridized carbons (Fsp3) is 0.571. The van der Waals surface area contributed by atoms with E-state index in [0.717, 1.165) is 32.0 Å². The number of halogens is 2. The molecule has 0 spiro atoms. The first-order valence-electron chi connectivity index (χ1n) is 6.92. The molecule has 1 heterocycles. The molecule has 116 valence electrons. The van der Waals surface area contributed by atoms with Gasteiger partial charge in [0.05, 0.1) is 4.92 Å². The fourth-order valence-corrected chi connectivity index (χ4v) is 2.52. The fourth-order valence-electron chi connectivity index (χ4n) is 2.52. The molecule has 1 aromatic rings. The Hall–Kier alpha value is -1.76. The number of nitrogens with zero attached hydrogens (tertiary/aromatic N) is 1. The number of piperidine rings is 1. The van der Waals surface area contributed by atoms with Crippen molar-refractivity contribution in [2.75, 3.05) is 25.0 Å². The summed E-state index contributed by atoms with van der Waals surface area (Å²) < 4.78 is 26.1. The topological polar surface area (TPSA) is 67.2 Å². The maximum absolute atomic E-state index is 13.1. The van der Waals surface area contributed by atoms with Crippen LogP contribution < -0.4 is 10.6 Å². The van der Waals surface area contributed by atoms with Gasteiger partial charge in [-0.15, -0.1) is 0 Å². The lowest BCUT2D eigenvalue weighted by Gasteiger charge is -2.34. The Morgan fingerprint density at radius 1 is 1.43 bits per heavy atom. The van der Waals surface area contributed by atoms with Crippen LogP contribution in [0.1, 0.15) is 31.8 Å². The number of anilines is 1. The smallest absolute Gasteiger partial charge is 0.270 e. The minimum atomic E-state index is -2.74. The van der Waals surface area contributed by atoms with Gasteiger partial charge in [0.25, 0.3) is 12.1 Å². The van der Waals surface area contributed by atoms with E-state index in [9.17, 15) is 18.9 Å². The van der Waals surface area contributed by atoms with E-state index in [4.69, 9.17) is 0 Å². The van der Waals surface area contributed by atoms with Crippen LogP contribution in [0.5, 0.6) is 0 Å². The zero-order valence-electron chi connectivity index (χ0n) is 11.9. The third kappa shape index (κ3) is 3.87. The van der Waals surface area contributed by atoms with Crippen molar-refractivity contribution < 1.29 is 13.7 Å². The van der Waals surface area contributed by atoms with Gasteiger partial charge >= 0.3 is 0 Å². The number of nitrogens with one attached hydrogen (secondary N) is 2. The highest BCUT2D eigenvalue weighted by atomic mass is 19.3. The van der Waals surface area contributed by atoms with Crippen LogP contribution in [0, 0.1) is 15.5 Å². The minimum Gasteiger partial charge on any atom is -0.384 e. The second-order valence-electron chi connectivity index (χ2n) is 5.74. The molecule has 7 heteroatoms. The molecule has 0 unspecified atom stereocenters. The van der Waals surface area contributed by atoms with E-state index in [1.165, 1.54) is 12.1 Å². The molecule has 21 heavy (non-hydrogen) atoms. The number of hydrogen-bond acceptors (Lipinski definition) is 4. The number of benzene rings is 1. The van der Waals surface area contributed by atoms with Gasteiger partial charge in [-0.1, -0.05) is 6.92 Å². The first-order valence-corrected chi connectivity index (χ1v) is 6.92. The Morgan fingerprint density at radius 3 is 2.67 bits per heavy atom. The first-order chi connectivity index (χ1) is 9.91. The number of hydrogen-bond donors (Lipinski definition) is 2. The van der Waals surface area contributed by atoms with Crippen molar-refractivity contribution in [2.24, 2.45) is 5.41 Å². The van der Waals surface area contributed by atoms with Crippen LogP contribution in [0.2, 0.25) is 0 Å². The lowest BCUT2D eigenvalue weighted by atomic mass is 9.81. The van der Waals surface area contributed by atoms with Gasteiger partial charge in [-0.05, 0) is 37.4 Å². The molecule has 2 rings (SSSR count). The normalized spacial score (nSPS) is 17.7. The quantitative estimate of drug-likeness (QED) is 0.646. The van der Waals surface area contributed by atoms with Gasteiger partial charge in [0, 0.05) is 29.9 Å². The summed E-state index contributed by atoms with van der Waals surface area (Å²) in [6.07, 6.45) is -0.804. The highest BCUT2D eigenvalue weighted by Gasteiger charge is 2.27. The molecular weight excluding hydrogens is 280 g/mol. The Labute approximate surface area is 121 Å². The van der Waals surface area contributed by atoms with Crippen molar-refractivity contribution in [3.8, 4) is 0 Å². The molecule has 1 aliphatic heterocycles. The Kier molecular flexibility index (Phi) is 4.72. The van der Waals surface area contributed by atoms with E-state index in [1.54, 1.807) is 0 Å². The largest absolute Gasteiger partial charge is 0.384 e. The Morgan fingerprint density at radius 2 is 2.10 bits per heavy atom. The molecule has 1 fully saturated rings. The number of nitro benzene ring substituents is 1. The van der Waals surface area contributed by atoms with Crippen molar-refractivity contribution in [1.82, 2.24) is 5.32 Å². The van der Waals surface area contributed by atoms with Gasteiger partial charge < -0.3 is 10.6 Å². The highest BCUT2D eigenvalue weighted by molar-refractivity contribution is 5.56. The Balaban J connectivity index is 2.13. The third-order valence-electron chi connectivity index (χ3n) is 4.00. The summed E-state index contributed by atoms with van der Waals surface area (Å²) in [5.41, 5.74) is -0.312. The molecule has 0 aromatic heterocycles. The summed E-state index contributed by atoms with van der Waals surface area (Å²) in [4.78, 5) is 10.0. The number of rotatable bonds is 5. The lowest BCUT2D eigenvalue weighted by Crippen LogP contribution is -2.39. The molecular formula is C14H19F2N3O2. The molecule has 0 amide bonds. The van der Waals surface area contributed by atoms with Crippen LogP contribution >= 0.6 is 0 Å². The van der Waals surface area contributed by atoms with Crippen molar-refractivity contribution >= 4 is 11.4 Å². The summed E-state index contributed by atoms with van der Waals surface area (Å²) in [5, 5.41) is 17.0. The van der Waals surface area contributed by atoms with E-state index in [1.807, 2.05) is 0 Å². The highest BCUT2D eigenvalue weighted by Crippen LogP contribution is 2.33. The molecule has 1 aromatic carbocycles. The summed E-state index contributed by atoms with van der Waals surface area (Å²) in [7, 11) is 0. The average Bonchev–Trinajstić information content (AvgIpc) is 2.45. The van der Waals surface area contributed by atoms with E-state index in [0.29, 0.717) is 6.54 Å². The number of alkyl halides is 2. The predicted molar refractivity (Wildman–Crippen MR) is 76.8 cm³/mol. The predicted octanol–water partition coefficient (Wildman–Crippen LogP) is 3.33. The molecule has 0 radical (unpaired) electrons. The third-order valence-corrected chi connectivity index (χ3v) is 4.00. The maximum atomic E-state index is 13.1. The van der Waals surface area contributed by atoms with Gasteiger partial charge in [0.2, 0.25) is 0 Å². The summed E-state index contributed by atoms with van der Waals surface area (Å²) >= 11 is 0. The van der Waals surface area contributed by atoms with Gasteiger partial charge in [0.15, 0.2) is 0 Å². The van der Waals surface area contributed by atoms with Crippen LogP contribution in [0.3, 0.4) is 0 Å².